The van der Waals surface area contributed by atoms with Crippen LogP contribution in [-0.4, -0.2) is 31.7 Å². The number of hydrogen-bond donors (Lipinski definition) is 1. The van der Waals surface area contributed by atoms with Gasteiger partial charge in [0.25, 0.3) is 5.91 Å². The molecule has 3 aromatic rings. The lowest BCUT2D eigenvalue weighted by atomic mass is 10.1. The summed E-state index contributed by atoms with van der Waals surface area (Å²) in [5, 5.41) is 2.74. The molecule has 0 saturated carbocycles. The van der Waals surface area contributed by atoms with Gasteiger partial charge in [0.15, 0.2) is 12.7 Å². The molecule has 0 fully saturated rings. The van der Waals surface area contributed by atoms with E-state index in [4.69, 9.17) is 14.2 Å². The molecular formula is C25H25NO5. The zero-order chi connectivity index (χ0) is 22.1. The highest BCUT2D eigenvalue weighted by atomic mass is 16.6. The molecule has 0 spiro atoms. The Morgan fingerprint density at radius 1 is 0.839 bits per heavy atom. The van der Waals surface area contributed by atoms with Crippen molar-refractivity contribution in [3.8, 4) is 22.6 Å². The molecule has 6 nitrogen and oxygen atoms in total. The second-order valence-electron chi connectivity index (χ2n) is 6.88. The predicted molar refractivity (Wildman–Crippen MR) is 118 cm³/mol. The van der Waals surface area contributed by atoms with Gasteiger partial charge in [0.2, 0.25) is 0 Å². The normalized spacial score (nSPS) is 11.3. The first-order valence-electron chi connectivity index (χ1n) is 9.93. The molecule has 0 heterocycles. The maximum atomic E-state index is 12.2. The van der Waals surface area contributed by atoms with E-state index in [-0.39, 0.29) is 12.5 Å². The lowest BCUT2D eigenvalue weighted by molar-refractivity contribution is -0.156. The van der Waals surface area contributed by atoms with Crippen molar-refractivity contribution in [2.24, 2.45) is 0 Å². The number of benzene rings is 3. The van der Waals surface area contributed by atoms with Gasteiger partial charge in [-0.3, -0.25) is 4.79 Å². The molecule has 0 bridgehead atoms. The van der Waals surface area contributed by atoms with Crippen molar-refractivity contribution < 1.29 is 23.8 Å². The number of ether oxygens (including phenoxy) is 3. The SMILES string of the molecule is COc1ccc(CNC(=O)[C@H](C)OC(=O)COc2ccc(-c3ccccc3)cc2)cc1. The highest BCUT2D eigenvalue weighted by molar-refractivity contribution is 5.83. The van der Waals surface area contributed by atoms with Gasteiger partial charge < -0.3 is 19.5 Å². The van der Waals surface area contributed by atoms with Crippen LogP contribution in [0, 0.1) is 0 Å². The van der Waals surface area contributed by atoms with Crippen LogP contribution in [0.25, 0.3) is 11.1 Å². The monoisotopic (exact) mass is 419 g/mol. The molecule has 0 radical (unpaired) electrons. The molecular weight excluding hydrogens is 394 g/mol. The Morgan fingerprint density at radius 2 is 1.45 bits per heavy atom. The molecule has 1 amide bonds. The number of carbonyl (C=O) groups excluding carboxylic acids is 2. The number of carbonyl (C=O) groups is 2. The fraction of sp³-hybridized carbons (Fsp3) is 0.200. The van der Waals surface area contributed by atoms with Crippen molar-refractivity contribution in [2.45, 2.75) is 19.6 Å². The summed E-state index contributed by atoms with van der Waals surface area (Å²) in [6.07, 6.45) is -0.921. The predicted octanol–water partition coefficient (Wildman–Crippen LogP) is 3.99. The highest BCUT2D eigenvalue weighted by Crippen LogP contribution is 2.22. The molecule has 31 heavy (non-hydrogen) atoms. The van der Waals surface area contributed by atoms with Crippen molar-refractivity contribution in [3.05, 3.63) is 84.4 Å². The summed E-state index contributed by atoms with van der Waals surface area (Å²) in [6.45, 7) is 1.58. The van der Waals surface area contributed by atoms with Gasteiger partial charge in [-0.05, 0) is 47.9 Å². The fourth-order valence-corrected chi connectivity index (χ4v) is 2.88. The Hall–Kier alpha value is -3.80. The lowest BCUT2D eigenvalue weighted by Gasteiger charge is -2.14. The molecule has 1 N–H and O–H groups in total. The van der Waals surface area contributed by atoms with Crippen LogP contribution in [0.4, 0.5) is 0 Å². The maximum absolute atomic E-state index is 12.2. The number of amides is 1. The number of nitrogens with one attached hydrogen (secondary N) is 1. The van der Waals surface area contributed by atoms with Crippen LogP contribution in [0.5, 0.6) is 11.5 Å². The fourth-order valence-electron chi connectivity index (χ4n) is 2.88. The van der Waals surface area contributed by atoms with Gasteiger partial charge in [-0.25, -0.2) is 4.79 Å². The summed E-state index contributed by atoms with van der Waals surface area (Å²) >= 11 is 0. The smallest absolute Gasteiger partial charge is 0.344 e. The number of hydrogen-bond acceptors (Lipinski definition) is 5. The van der Waals surface area contributed by atoms with Crippen LogP contribution >= 0.6 is 0 Å². The lowest BCUT2D eigenvalue weighted by Crippen LogP contribution is -2.36. The van der Waals surface area contributed by atoms with Crippen molar-refractivity contribution in [2.75, 3.05) is 13.7 Å². The van der Waals surface area contributed by atoms with Crippen LogP contribution in [0.15, 0.2) is 78.9 Å². The van der Waals surface area contributed by atoms with Crippen LogP contribution in [0.1, 0.15) is 12.5 Å². The van der Waals surface area contributed by atoms with E-state index in [2.05, 4.69) is 5.32 Å². The molecule has 1 atom stereocenters. The molecule has 0 aliphatic carbocycles. The Bertz CT molecular complexity index is 985. The zero-order valence-corrected chi connectivity index (χ0v) is 17.5. The molecule has 0 unspecified atom stereocenters. The highest BCUT2D eigenvalue weighted by Gasteiger charge is 2.18. The summed E-state index contributed by atoms with van der Waals surface area (Å²) < 4.78 is 15.7. The van der Waals surface area contributed by atoms with Gasteiger partial charge >= 0.3 is 5.97 Å². The summed E-state index contributed by atoms with van der Waals surface area (Å²) in [6, 6.07) is 24.7. The first-order chi connectivity index (χ1) is 15.0. The molecule has 0 aromatic heterocycles. The maximum Gasteiger partial charge on any atom is 0.344 e. The van der Waals surface area contributed by atoms with Crippen molar-refractivity contribution in [1.82, 2.24) is 5.32 Å². The van der Waals surface area contributed by atoms with E-state index in [1.807, 2.05) is 66.7 Å². The van der Waals surface area contributed by atoms with E-state index in [1.54, 1.807) is 19.2 Å². The molecule has 0 saturated heterocycles. The molecule has 0 aliphatic heterocycles. The second-order valence-corrected chi connectivity index (χ2v) is 6.88. The summed E-state index contributed by atoms with van der Waals surface area (Å²) in [5.41, 5.74) is 3.07. The number of methoxy groups -OCH3 is 1. The topological polar surface area (TPSA) is 73.9 Å². The van der Waals surface area contributed by atoms with Gasteiger partial charge in [0, 0.05) is 6.54 Å². The Balaban J connectivity index is 1.41. The number of esters is 1. The first-order valence-corrected chi connectivity index (χ1v) is 9.93. The molecule has 3 aromatic carbocycles. The summed E-state index contributed by atoms with van der Waals surface area (Å²) in [4.78, 5) is 24.2. The average molecular weight is 419 g/mol. The largest absolute Gasteiger partial charge is 0.497 e. The van der Waals surface area contributed by atoms with Crippen molar-refractivity contribution in [1.29, 1.82) is 0 Å². The Kier molecular flexibility index (Phi) is 7.65. The van der Waals surface area contributed by atoms with Crippen LogP contribution in [0.2, 0.25) is 0 Å². The van der Waals surface area contributed by atoms with Gasteiger partial charge in [-0.2, -0.15) is 0 Å². The first kappa shape index (κ1) is 21.9. The third-order valence-corrected chi connectivity index (χ3v) is 4.62. The van der Waals surface area contributed by atoms with E-state index in [1.165, 1.54) is 6.92 Å². The van der Waals surface area contributed by atoms with Crippen molar-refractivity contribution >= 4 is 11.9 Å². The standard InChI is InChI=1S/C25H25NO5/c1-18(25(28)26-16-19-8-12-22(29-2)13-9-19)31-24(27)17-30-23-14-10-21(11-15-23)20-6-4-3-5-7-20/h3-15,18H,16-17H2,1-2H3,(H,26,28)/t18-/m0/s1. The third-order valence-electron chi connectivity index (χ3n) is 4.62. The zero-order valence-electron chi connectivity index (χ0n) is 17.5. The van der Waals surface area contributed by atoms with Gasteiger partial charge in [0.05, 0.1) is 7.11 Å². The molecule has 160 valence electrons. The van der Waals surface area contributed by atoms with Crippen LogP contribution in [0.3, 0.4) is 0 Å². The minimum absolute atomic E-state index is 0.277. The van der Waals surface area contributed by atoms with E-state index in [0.29, 0.717) is 12.3 Å². The average Bonchev–Trinajstić information content (AvgIpc) is 2.82. The minimum atomic E-state index is -0.921. The van der Waals surface area contributed by atoms with E-state index in [0.717, 1.165) is 22.4 Å². The number of rotatable bonds is 9. The van der Waals surface area contributed by atoms with E-state index in [9.17, 15) is 9.59 Å². The summed E-state index contributed by atoms with van der Waals surface area (Å²) in [5.74, 6) is 0.302. The van der Waals surface area contributed by atoms with Crippen LogP contribution in [-0.2, 0) is 20.9 Å². The van der Waals surface area contributed by atoms with Gasteiger partial charge in [0.1, 0.15) is 11.5 Å². The Labute approximate surface area is 181 Å². The van der Waals surface area contributed by atoms with Gasteiger partial charge in [-0.1, -0.05) is 54.6 Å². The second kappa shape index (κ2) is 10.8. The van der Waals surface area contributed by atoms with Gasteiger partial charge in [-0.15, -0.1) is 0 Å². The molecule has 6 heteroatoms. The summed E-state index contributed by atoms with van der Waals surface area (Å²) in [7, 11) is 1.59. The van der Waals surface area contributed by atoms with E-state index < -0.39 is 12.1 Å². The van der Waals surface area contributed by atoms with E-state index >= 15 is 0 Å². The van der Waals surface area contributed by atoms with Crippen molar-refractivity contribution in [3.63, 3.8) is 0 Å². The molecule has 0 aliphatic rings. The Morgan fingerprint density at radius 3 is 2.10 bits per heavy atom. The quantitative estimate of drug-likeness (QED) is 0.531. The molecule has 3 rings (SSSR count). The van der Waals surface area contributed by atoms with Crippen LogP contribution < -0.4 is 14.8 Å². The third kappa shape index (κ3) is 6.60. The minimum Gasteiger partial charge on any atom is -0.497 e.